The Morgan fingerprint density at radius 1 is 1.17 bits per heavy atom. The van der Waals surface area contributed by atoms with E-state index in [-0.39, 0.29) is 5.88 Å². The molecule has 24 heavy (non-hydrogen) atoms. The molecule has 0 radical (unpaired) electrons. The third kappa shape index (κ3) is 2.17. The first-order valence-corrected chi connectivity index (χ1v) is 7.85. The molecule has 5 nitrogen and oxygen atoms in total. The van der Waals surface area contributed by atoms with Crippen LogP contribution in [-0.4, -0.2) is 28.6 Å². The zero-order chi connectivity index (χ0) is 16.8. The molecule has 0 saturated heterocycles. The number of aliphatic imine (C=N–C) groups is 1. The Kier molecular flexibility index (Phi) is 3.48. The van der Waals surface area contributed by atoms with Gasteiger partial charge in [0.25, 0.3) is 0 Å². The smallest absolute Gasteiger partial charge is 0.199 e. The fourth-order valence-corrected chi connectivity index (χ4v) is 3.17. The van der Waals surface area contributed by atoms with Crippen LogP contribution in [0, 0.1) is 0 Å². The third-order valence-corrected chi connectivity index (χ3v) is 4.58. The first-order chi connectivity index (χ1) is 11.6. The summed E-state index contributed by atoms with van der Waals surface area (Å²) in [6, 6.07) is 10.9. The third-order valence-electron chi connectivity index (χ3n) is 3.85. The van der Waals surface area contributed by atoms with Crippen LogP contribution in [0.3, 0.4) is 0 Å². The van der Waals surface area contributed by atoms with Crippen molar-refractivity contribution in [2.45, 2.75) is 0 Å². The maximum absolute atomic E-state index is 10.4. The van der Waals surface area contributed by atoms with E-state index >= 15 is 0 Å². The number of para-hydroxylation sites is 1. The maximum atomic E-state index is 10.4. The van der Waals surface area contributed by atoms with Gasteiger partial charge in [0, 0.05) is 10.9 Å². The van der Waals surface area contributed by atoms with E-state index in [9.17, 15) is 5.11 Å². The van der Waals surface area contributed by atoms with Gasteiger partial charge in [0.2, 0.25) is 0 Å². The molecule has 0 saturated carbocycles. The second-order valence-corrected chi connectivity index (χ2v) is 6.07. The quantitative estimate of drug-likeness (QED) is 0.653. The highest BCUT2D eigenvalue weighted by atomic mass is 35.5. The van der Waals surface area contributed by atoms with Gasteiger partial charge < -0.3 is 14.9 Å². The van der Waals surface area contributed by atoms with Crippen molar-refractivity contribution in [2.75, 3.05) is 7.11 Å². The Balaban J connectivity index is 2.00. The van der Waals surface area contributed by atoms with Crippen molar-refractivity contribution in [3.05, 3.63) is 57.6 Å². The van der Waals surface area contributed by atoms with Crippen LogP contribution in [0.15, 0.2) is 46.5 Å². The zero-order valence-electron chi connectivity index (χ0n) is 12.5. The highest BCUT2D eigenvalue weighted by molar-refractivity contribution is 6.58. The lowest BCUT2D eigenvalue weighted by Gasteiger charge is -2.04. The zero-order valence-corrected chi connectivity index (χ0v) is 14.0. The van der Waals surface area contributed by atoms with E-state index in [1.807, 2.05) is 24.3 Å². The van der Waals surface area contributed by atoms with Crippen molar-refractivity contribution in [3.8, 4) is 5.88 Å². The molecule has 0 unspecified atom stereocenters. The monoisotopic (exact) mass is 359 g/mol. The second kappa shape index (κ2) is 5.54. The molecule has 120 valence electrons. The highest BCUT2D eigenvalue weighted by Crippen LogP contribution is 2.38. The summed E-state index contributed by atoms with van der Waals surface area (Å²) in [5, 5.41) is 16.0. The van der Waals surface area contributed by atoms with Crippen LogP contribution < -0.4 is 0 Å². The average molecular weight is 360 g/mol. The number of nitrogens with one attached hydrogen (secondary N) is 1. The minimum atomic E-state index is -0.0290. The Labute approximate surface area is 147 Å². The Morgan fingerprint density at radius 2 is 1.92 bits per heavy atom. The van der Waals surface area contributed by atoms with Gasteiger partial charge in [-0.2, -0.15) is 0 Å². The van der Waals surface area contributed by atoms with E-state index in [1.165, 1.54) is 7.11 Å². The van der Waals surface area contributed by atoms with E-state index in [1.54, 1.807) is 12.1 Å². The van der Waals surface area contributed by atoms with Crippen LogP contribution in [0.1, 0.15) is 11.1 Å². The number of aromatic hydroxyl groups is 1. The van der Waals surface area contributed by atoms with Gasteiger partial charge in [0.15, 0.2) is 5.88 Å². The Bertz CT molecular complexity index is 1040. The van der Waals surface area contributed by atoms with E-state index in [2.05, 4.69) is 15.1 Å². The molecule has 4 rings (SSSR count). The van der Waals surface area contributed by atoms with E-state index < -0.39 is 0 Å². The summed E-state index contributed by atoms with van der Waals surface area (Å²) in [7, 11) is 1.47. The lowest BCUT2D eigenvalue weighted by atomic mass is 10.0. The number of fused-ring (bicyclic) bond motifs is 2. The van der Waals surface area contributed by atoms with Crippen molar-refractivity contribution < 1.29 is 9.94 Å². The molecule has 1 aromatic heterocycles. The number of rotatable bonds is 2. The molecular formula is C17H11Cl2N3O2. The first-order valence-electron chi connectivity index (χ1n) is 7.10. The molecule has 0 fully saturated rings. The number of hydrogen-bond donors (Lipinski definition) is 2. The van der Waals surface area contributed by atoms with Gasteiger partial charge in [-0.15, -0.1) is 0 Å². The van der Waals surface area contributed by atoms with Crippen molar-refractivity contribution in [3.63, 3.8) is 0 Å². The van der Waals surface area contributed by atoms with Crippen LogP contribution in [0.5, 0.6) is 5.88 Å². The first kappa shape index (κ1) is 15.1. The maximum Gasteiger partial charge on any atom is 0.199 e. The molecule has 1 aliphatic rings. The van der Waals surface area contributed by atoms with Crippen molar-refractivity contribution in [1.29, 1.82) is 0 Å². The normalized spacial score (nSPS) is 15.0. The van der Waals surface area contributed by atoms with Crippen LogP contribution in [0.4, 0.5) is 5.69 Å². The van der Waals surface area contributed by atoms with Gasteiger partial charge in [0.05, 0.1) is 26.8 Å². The predicted molar refractivity (Wildman–Crippen MR) is 96.2 cm³/mol. The van der Waals surface area contributed by atoms with Gasteiger partial charge in [-0.05, 0) is 18.2 Å². The lowest BCUT2D eigenvalue weighted by Crippen LogP contribution is -2.13. The van der Waals surface area contributed by atoms with Gasteiger partial charge in [0.1, 0.15) is 18.5 Å². The minimum Gasteiger partial charge on any atom is -0.494 e. The number of oxime groups is 1. The lowest BCUT2D eigenvalue weighted by molar-refractivity contribution is 0.214. The summed E-state index contributed by atoms with van der Waals surface area (Å²) >= 11 is 12.2. The molecule has 0 amide bonds. The number of benzene rings is 2. The number of aromatic amines is 1. The highest BCUT2D eigenvalue weighted by Gasteiger charge is 2.29. The topological polar surface area (TPSA) is 70.0 Å². The number of H-pyrrole nitrogens is 1. The fraction of sp³-hybridized carbons (Fsp3) is 0.0588. The summed E-state index contributed by atoms with van der Waals surface area (Å²) < 4.78 is 0. The second-order valence-electron chi connectivity index (χ2n) is 5.26. The van der Waals surface area contributed by atoms with E-state index in [0.29, 0.717) is 37.9 Å². The number of aromatic nitrogens is 1. The Hall–Kier alpha value is -2.50. The molecule has 0 atom stereocenters. The van der Waals surface area contributed by atoms with Crippen molar-refractivity contribution >= 4 is 51.2 Å². The number of nitrogens with zero attached hydrogens (tertiary/aromatic N) is 2. The molecule has 1 aliphatic heterocycles. The van der Waals surface area contributed by atoms with Gasteiger partial charge >= 0.3 is 0 Å². The average Bonchev–Trinajstić information content (AvgIpc) is 3.06. The number of hydrogen-bond acceptors (Lipinski definition) is 4. The molecule has 0 aliphatic carbocycles. The van der Waals surface area contributed by atoms with Gasteiger partial charge in [-0.1, -0.05) is 46.6 Å². The van der Waals surface area contributed by atoms with Crippen LogP contribution in [0.25, 0.3) is 10.9 Å². The van der Waals surface area contributed by atoms with Crippen molar-refractivity contribution in [1.82, 2.24) is 4.98 Å². The summed E-state index contributed by atoms with van der Waals surface area (Å²) in [5.74, 6) is -0.0290. The molecule has 2 heterocycles. The van der Waals surface area contributed by atoms with Crippen LogP contribution >= 0.6 is 23.2 Å². The van der Waals surface area contributed by atoms with Crippen molar-refractivity contribution in [2.24, 2.45) is 10.1 Å². The summed E-state index contributed by atoms with van der Waals surface area (Å²) in [6.07, 6.45) is 0. The standard InChI is InChI=1S/C17H11Cl2N3O2/c1-24-22-15-8-4-2-3-5-12(8)20-16(15)14-9-6-10(18)11(19)7-13(9)21-17(14)23/h2-7,21,23H,1H3/b22-15-. The molecule has 3 aromatic rings. The SMILES string of the molecule is CO/N=C1\C(c2c(O)[nH]c3cc(Cl)c(Cl)cc23)=Nc2ccccc21. The molecule has 0 bridgehead atoms. The van der Waals surface area contributed by atoms with Gasteiger partial charge in [-0.3, -0.25) is 0 Å². The largest absolute Gasteiger partial charge is 0.494 e. The predicted octanol–water partition coefficient (Wildman–Crippen LogP) is 4.67. The summed E-state index contributed by atoms with van der Waals surface area (Å²) in [6.45, 7) is 0. The molecule has 2 aromatic carbocycles. The molecule has 2 N–H and O–H groups in total. The van der Waals surface area contributed by atoms with E-state index in [4.69, 9.17) is 28.0 Å². The van der Waals surface area contributed by atoms with Crippen LogP contribution in [-0.2, 0) is 4.84 Å². The fourth-order valence-electron chi connectivity index (χ4n) is 2.84. The summed E-state index contributed by atoms with van der Waals surface area (Å²) in [5.41, 5.74) is 3.83. The molecule has 7 heteroatoms. The molecular weight excluding hydrogens is 349 g/mol. The van der Waals surface area contributed by atoms with Crippen LogP contribution in [0.2, 0.25) is 10.0 Å². The van der Waals surface area contributed by atoms with Gasteiger partial charge in [-0.25, -0.2) is 4.99 Å². The molecule has 0 spiro atoms. The number of halogens is 2. The Morgan fingerprint density at radius 3 is 2.71 bits per heavy atom. The minimum absolute atomic E-state index is 0.0290. The summed E-state index contributed by atoms with van der Waals surface area (Å²) in [4.78, 5) is 12.5. The van der Waals surface area contributed by atoms with E-state index in [0.717, 1.165) is 11.3 Å².